The standard InChI is InChI=1S/C13H13BrFNOS/c1-8-9(14)6-13(18-8)12(7-17)16-11-5-3-2-4-10(11)15/h2-6,12,16-17H,7H2,1H3. The van der Waals surface area contributed by atoms with Gasteiger partial charge in [-0.2, -0.15) is 0 Å². The number of benzene rings is 1. The van der Waals surface area contributed by atoms with Crippen LogP contribution >= 0.6 is 27.3 Å². The van der Waals surface area contributed by atoms with Crippen LogP contribution in [0.15, 0.2) is 34.8 Å². The van der Waals surface area contributed by atoms with Gasteiger partial charge < -0.3 is 10.4 Å². The van der Waals surface area contributed by atoms with Gasteiger partial charge in [0.2, 0.25) is 0 Å². The van der Waals surface area contributed by atoms with E-state index < -0.39 is 0 Å². The number of para-hydroxylation sites is 1. The third-order valence-corrected chi connectivity index (χ3v) is 4.86. The maximum atomic E-state index is 13.5. The Kier molecular flexibility index (Phi) is 4.37. The minimum Gasteiger partial charge on any atom is -0.394 e. The van der Waals surface area contributed by atoms with Crippen molar-refractivity contribution in [2.24, 2.45) is 0 Å². The van der Waals surface area contributed by atoms with Crippen molar-refractivity contribution in [3.63, 3.8) is 0 Å². The molecule has 2 rings (SSSR count). The zero-order valence-electron chi connectivity index (χ0n) is 9.78. The molecule has 0 bridgehead atoms. The molecule has 0 saturated carbocycles. The van der Waals surface area contributed by atoms with Crippen molar-refractivity contribution in [1.29, 1.82) is 0 Å². The number of halogens is 2. The van der Waals surface area contributed by atoms with Crippen molar-refractivity contribution in [3.05, 3.63) is 50.4 Å². The molecule has 5 heteroatoms. The van der Waals surface area contributed by atoms with Crippen LogP contribution in [-0.4, -0.2) is 11.7 Å². The van der Waals surface area contributed by atoms with Crippen molar-refractivity contribution in [2.45, 2.75) is 13.0 Å². The Morgan fingerprint density at radius 1 is 1.44 bits per heavy atom. The van der Waals surface area contributed by atoms with Crippen molar-refractivity contribution in [2.75, 3.05) is 11.9 Å². The summed E-state index contributed by atoms with van der Waals surface area (Å²) in [5.41, 5.74) is 0.402. The minimum atomic E-state index is -0.316. The number of aliphatic hydroxyl groups excluding tert-OH is 1. The highest BCUT2D eigenvalue weighted by molar-refractivity contribution is 9.10. The number of thiophene rings is 1. The quantitative estimate of drug-likeness (QED) is 0.884. The van der Waals surface area contributed by atoms with E-state index in [2.05, 4.69) is 21.2 Å². The fourth-order valence-corrected chi connectivity index (χ4v) is 3.23. The fourth-order valence-electron chi connectivity index (χ4n) is 1.63. The van der Waals surface area contributed by atoms with Gasteiger partial charge in [0, 0.05) is 14.2 Å². The van der Waals surface area contributed by atoms with Gasteiger partial charge in [0.25, 0.3) is 0 Å². The molecule has 0 aliphatic carbocycles. The van der Waals surface area contributed by atoms with Crippen LogP contribution in [0.1, 0.15) is 15.8 Å². The summed E-state index contributed by atoms with van der Waals surface area (Å²) >= 11 is 5.02. The van der Waals surface area contributed by atoms with Crippen LogP contribution in [0.25, 0.3) is 0 Å². The zero-order valence-corrected chi connectivity index (χ0v) is 12.2. The van der Waals surface area contributed by atoms with Gasteiger partial charge in [-0.3, -0.25) is 0 Å². The molecule has 96 valence electrons. The largest absolute Gasteiger partial charge is 0.394 e. The Labute approximate surface area is 118 Å². The van der Waals surface area contributed by atoms with E-state index in [-0.39, 0.29) is 18.5 Å². The molecule has 0 amide bonds. The van der Waals surface area contributed by atoms with Gasteiger partial charge in [-0.25, -0.2) is 4.39 Å². The summed E-state index contributed by atoms with van der Waals surface area (Å²) in [6, 6.07) is 8.11. The Hall–Kier alpha value is -0.910. The SMILES string of the molecule is Cc1sc(C(CO)Nc2ccccc2F)cc1Br. The number of hydrogen-bond donors (Lipinski definition) is 2. The molecule has 0 saturated heterocycles. The molecule has 2 aromatic rings. The highest BCUT2D eigenvalue weighted by atomic mass is 79.9. The average molecular weight is 330 g/mol. The average Bonchev–Trinajstić information content (AvgIpc) is 2.68. The number of aliphatic hydroxyl groups is 1. The van der Waals surface area contributed by atoms with E-state index in [1.165, 1.54) is 6.07 Å². The molecule has 2 nitrogen and oxygen atoms in total. The highest BCUT2D eigenvalue weighted by Gasteiger charge is 2.15. The van der Waals surface area contributed by atoms with Gasteiger partial charge in [0.05, 0.1) is 18.3 Å². The van der Waals surface area contributed by atoms with E-state index in [1.807, 2.05) is 13.0 Å². The fraction of sp³-hybridized carbons (Fsp3) is 0.231. The predicted octanol–water partition coefficient (Wildman–Crippen LogP) is 4.10. The predicted molar refractivity (Wildman–Crippen MR) is 76.6 cm³/mol. The maximum absolute atomic E-state index is 13.5. The Bertz CT molecular complexity index is 524. The molecular formula is C13H13BrFNOS. The molecule has 0 spiro atoms. The molecule has 0 radical (unpaired) electrons. The molecule has 18 heavy (non-hydrogen) atoms. The van der Waals surface area contributed by atoms with Crippen LogP contribution < -0.4 is 5.32 Å². The van der Waals surface area contributed by atoms with E-state index in [4.69, 9.17) is 0 Å². The first-order chi connectivity index (χ1) is 8.61. The smallest absolute Gasteiger partial charge is 0.146 e. The van der Waals surface area contributed by atoms with E-state index in [0.29, 0.717) is 5.69 Å². The van der Waals surface area contributed by atoms with Crippen LogP contribution in [0.5, 0.6) is 0 Å². The second kappa shape index (κ2) is 5.82. The number of hydrogen-bond acceptors (Lipinski definition) is 3. The summed E-state index contributed by atoms with van der Waals surface area (Å²) in [5.74, 6) is -0.316. The monoisotopic (exact) mass is 329 g/mol. The van der Waals surface area contributed by atoms with E-state index >= 15 is 0 Å². The van der Waals surface area contributed by atoms with Crippen LogP contribution in [0.4, 0.5) is 10.1 Å². The van der Waals surface area contributed by atoms with Gasteiger partial charge in [0.1, 0.15) is 5.82 Å². The van der Waals surface area contributed by atoms with Crippen LogP contribution in [0, 0.1) is 12.7 Å². The van der Waals surface area contributed by atoms with Crippen molar-refractivity contribution in [1.82, 2.24) is 0 Å². The van der Waals surface area contributed by atoms with Crippen molar-refractivity contribution in [3.8, 4) is 0 Å². The molecule has 1 atom stereocenters. The molecule has 1 unspecified atom stereocenters. The van der Waals surface area contributed by atoms with E-state index in [0.717, 1.165) is 14.2 Å². The second-order valence-electron chi connectivity index (χ2n) is 3.91. The minimum absolute atomic E-state index is 0.0826. The maximum Gasteiger partial charge on any atom is 0.146 e. The number of nitrogens with one attached hydrogen (secondary N) is 1. The first-order valence-electron chi connectivity index (χ1n) is 5.49. The van der Waals surface area contributed by atoms with Crippen LogP contribution in [-0.2, 0) is 0 Å². The van der Waals surface area contributed by atoms with Gasteiger partial charge in [-0.1, -0.05) is 12.1 Å². The Morgan fingerprint density at radius 2 is 2.17 bits per heavy atom. The van der Waals surface area contributed by atoms with E-state index in [1.54, 1.807) is 29.5 Å². The van der Waals surface area contributed by atoms with Crippen molar-refractivity contribution >= 4 is 33.0 Å². The summed E-state index contributed by atoms with van der Waals surface area (Å²) in [6.45, 7) is 1.91. The molecule has 2 N–H and O–H groups in total. The highest BCUT2D eigenvalue weighted by Crippen LogP contribution is 2.32. The lowest BCUT2D eigenvalue weighted by molar-refractivity contribution is 0.277. The molecule has 1 heterocycles. The Morgan fingerprint density at radius 3 is 2.72 bits per heavy atom. The Balaban J connectivity index is 2.22. The molecular weight excluding hydrogens is 317 g/mol. The van der Waals surface area contributed by atoms with Gasteiger partial charge in [0.15, 0.2) is 0 Å². The lowest BCUT2D eigenvalue weighted by Gasteiger charge is -2.16. The van der Waals surface area contributed by atoms with Crippen molar-refractivity contribution < 1.29 is 9.50 Å². The lowest BCUT2D eigenvalue weighted by Crippen LogP contribution is -2.14. The first-order valence-corrected chi connectivity index (χ1v) is 7.10. The summed E-state index contributed by atoms with van der Waals surface area (Å²) in [5, 5.41) is 12.5. The lowest BCUT2D eigenvalue weighted by atomic mass is 10.2. The van der Waals surface area contributed by atoms with Gasteiger partial charge in [-0.15, -0.1) is 11.3 Å². The molecule has 0 fully saturated rings. The topological polar surface area (TPSA) is 32.3 Å². The molecule has 1 aromatic heterocycles. The van der Waals surface area contributed by atoms with Gasteiger partial charge in [-0.05, 0) is 41.1 Å². The number of aryl methyl sites for hydroxylation is 1. The molecule has 0 aliphatic rings. The van der Waals surface area contributed by atoms with Crippen LogP contribution in [0.3, 0.4) is 0 Å². The summed E-state index contributed by atoms with van der Waals surface area (Å²) in [7, 11) is 0. The first kappa shape index (κ1) is 13.5. The van der Waals surface area contributed by atoms with E-state index in [9.17, 15) is 9.50 Å². The molecule has 1 aromatic carbocycles. The number of anilines is 1. The summed E-state index contributed by atoms with van der Waals surface area (Å²) in [4.78, 5) is 2.11. The third-order valence-electron chi connectivity index (χ3n) is 2.61. The third kappa shape index (κ3) is 2.91. The normalized spacial score (nSPS) is 12.4. The van der Waals surface area contributed by atoms with Gasteiger partial charge >= 0.3 is 0 Å². The second-order valence-corrected chi connectivity index (χ2v) is 6.05. The zero-order chi connectivity index (χ0) is 13.1. The van der Waals surface area contributed by atoms with Crippen LogP contribution in [0.2, 0.25) is 0 Å². The molecule has 0 aliphatic heterocycles. The summed E-state index contributed by atoms with van der Waals surface area (Å²) < 4.78 is 14.5. The number of rotatable bonds is 4. The summed E-state index contributed by atoms with van der Waals surface area (Å²) in [6.07, 6.45) is 0.